The van der Waals surface area contributed by atoms with Crippen molar-refractivity contribution < 1.29 is 4.73 Å². The van der Waals surface area contributed by atoms with Crippen LogP contribution in [0.4, 0.5) is 0 Å². The Balaban J connectivity index is 2.63. The van der Waals surface area contributed by atoms with E-state index in [9.17, 15) is 5.21 Å². The summed E-state index contributed by atoms with van der Waals surface area (Å²) < 4.78 is 0.907. The molecule has 0 amide bonds. The lowest BCUT2D eigenvalue weighted by molar-refractivity contribution is -0.594. The molecule has 0 atom stereocenters. The van der Waals surface area contributed by atoms with Crippen LogP contribution in [0.25, 0.3) is 11.3 Å². The zero-order valence-corrected chi connectivity index (χ0v) is 7.97. The lowest BCUT2D eigenvalue weighted by Crippen LogP contribution is -2.29. The number of hydrogen-bond donors (Lipinski definition) is 0. The summed E-state index contributed by atoms with van der Waals surface area (Å²) in [6.07, 6.45) is 1.52. The fraction of sp³-hybridized carbons (Fsp3) is 0.0833. The standard InChI is InChI=1S/C12H11NO/c1-10-6-5-9-13(14)12(10)11-7-3-2-4-8-11/h2-9H,1H3. The second kappa shape index (κ2) is 3.50. The zero-order chi connectivity index (χ0) is 9.97. The topological polar surface area (TPSA) is 26.9 Å². The van der Waals surface area contributed by atoms with Gasteiger partial charge in [-0.25, -0.2) is 0 Å². The first-order valence-corrected chi connectivity index (χ1v) is 4.53. The molecule has 0 bridgehead atoms. The average Bonchev–Trinajstić information content (AvgIpc) is 2.19. The number of nitrogens with zero attached hydrogens (tertiary/aromatic N) is 1. The second-order valence-corrected chi connectivity index (χ2v) is 3.23. The summed E-state index contributed by atoms with van der Waals surface area (Å²) in [4.78, 5) is 0. The Hall–Kier alpha value is -1.83. The number of benzene rings is 1. The van der Waals surface area contributed by atoms with Gasteiger partial charge in [-0.2, -0.15) is 4.73 Å². The Morgan fingerprint density at radius 2 is 1.71 bits per heavy atom. The second-order valence-electron chi connectivity index (χ2n) is 3.23. The first-order chi connectivity index (χ1) is 6.79. The summed E-state index contributed by atoms with van der Waals surface area (Å²) in [5.74, 6) is 0. The van der Waals surface area contributed by atoms with Gasteiger partial charge in [0, 0.05) is 17.2 Å². The molecule has 0 saturated carbocycles. The largest absolute Gasteiger partial charge is 0.618 e. The molecule has 2 nitrogen and oxygen atoms in total. The predicted octanol–water partition coefficient (Wildman–Crippen LogP) is 2.30. The van der Waals surface area contributed by atoms with Gasteiger partial charge >= 0.3 is 0 Å². The van der Waals surface area contributed by atoms with Crippen LogP contribution in [0.2, 0.25) is 0 Å². The SMILES string of the molecule is Cc1ccc[n+]([O-])c1-c1ccccc1. The Labute approximate surface area is 83.0 Å². The Kier molecular flexibility index (Phi) is 2.19. The summed E-state index contributed by atoms with van der Waals surface area (Å²) in [5.41, 5.74) is 2.68. The molecule has 1 aromatic heterocycles. The van der Waals surface area contributed by atoms with Gasteiger partial charge in [-0.05, 0) is 25.1 Å². The Bertz CT molecular complexity index is 417. The maximum Gasteiger partial charge on any atom is 0.226 e. The van der Waals surface area contributed by atoms with E-state index < -0.39 is 0 Å². The fourth-order valence-corrected chi connectivity index (χ4v) is 1.54. The van der Waals surface area contributed by atoms with Crippen LogP contribution in [0.3, 0.4) is 0 Å². The molecule has 0 N–H and O–H groups in total. The molecule has 1 heterocycles. The fourth-order valence-electron chi connectivity index (χ4n) is 1.54. The van der Waals surface area contributed by atoms with Crippen LogP contribution in [-0.4, -0.2) is 0 Å². The number of hydrogen-bond acceptors (Lipinski definition) is 1. The Morgan fingerprint density at radius 3 is 2.36 bits per heavy atom. The molecule has 2 heteroatoms. The molecule has 0 radical (unpaired) electrons. The molecule has 1 aromatic carbocycles. The predicted molar refractivity (Wildman–Crippen MR) is 55.6 cm³/mol. The van der Waals surface area contributed by atoms with E-state index in [-0.39, 0.29) is 0 Å². The van der Waals surface area contributed by atoms with Crippen LogP contribution in [0.5, 0.6) is 0 Å². The van der Waals surface area contributed by atoms with Crippen molar-refractivity contribution in [2.75, 3.05) is 0 Å². The summed E-state index contributed by atoms with van der Waals surface area (Å²) >= 11 is 0. The lowest BCUT2D eigenvalue weighted by atomic mass is 10.1. The highest BCUT2D eigenvalue weighted by molar-refractivity contribution is 5.59. The minimum atomic E-state index is 0.730. The molecule has 0 spiro atoms. The number of rotatable bonds is 1. The lowest BCUT2D eigenvalue weighted by Gasteiger charge is -2.06. The van der Waals surface area contributed by atoms with Crippen LogP contribution in [0, 0.1) is 12.1 Å². The van der Waals surface area contributed by atoms with Crippen molar-refractivity contribution in [1.82, 2.24) is 0 Å². The highest BCUT2D eigenvalue weighted by Gasteiger charge is 2.10. The van der Waals surface area contributed by atoms with Crippen LogP contribution >= 0.6 is 0 Å². The van der Waals surface area contributed by atoms with Crippen molar-refractivity contribution in [1.29, 1.82) is 0 Å². The van der Waals surface area contributed by atoms with E-state index in [1.807, 2.05) is 43.3 Å². The van der Waals surface area contributed by atoms with Gasteiger partial charge in [0.2, 0.25) is 5.69 Å². The summed E-state index contributed by atoms with van der Waals surface area (Å²) in [6.45, 7) is 1.94. The van der Waals surface area contributed by atoms with Crippen molar-refractivity contribution in [2.24, 2.45) is 0 Å². The van der Waals surface area contributed by atoms with Crippen LogP contribution in [0.1, 0.15) is 5.56 Å². The molecule has 0 fully saturated rings. The van der Waals surface area contributed by atoms with Gasteiger partial charge in [-0.3, -0.25) is 0 Å². The summed E-state index contributed by atoms with van der Waals surface area (Å²) in [5, 5.41) is 11.6. The molecule has 70 valence electrons. The molecular formula is C12H11NO. The summed E-state index contributed by atoms with van der Waals surface area (Å²) in [6, 6.07) is 13.4. The third kappa shape index (κ3) is 1.46. The van der Waals surface area contributed by atoms with Gasteiger partial charge in [0.1, 0.15) is 0 Å². The molecule has 2 aromatic rings. The highest BCUT2D eigenvalue weighted by atomic mass is 16.5. The minimum absolute atomic E-state index is 0.730. The van der Waals surface area contributed by atoms with E-state index in [1.165, 1.54) is 6.20 Å². The average molecular weight is 185 g/mol. The van der Waals surface area contributed by atoms with E-state index >= 15 is 0 Å². The summed E-state index contributed by atoms with van der Waals surface area (Å²) in [7, 11) is 0. The van der Waals surface area contributed by atoms with Crippen molar-refractivity contribution in [3.05, 3.63) is 59.4 Å². The number of aromatic nitrogens is 1. The van der Waals surface area contributed by atoms with E-state index in [0.29, 0.717) is 0 Å². The van der Waals surface area contributed by atoms with Crippen molar-refractivity contribution in [3.8, 4) is 11.3 Å². The number of aryl methyl sites for hydroxylation is 1. The molecular weight excluding hydrogens is 174 g/mol. The zero-order valence-electron chi connectivity index (χ0n) is 7.97. The first kappa shape index (κ1) is 8.75. The maximum absolute atomic E-state index is 11.6. The van der Waals surface area contributed by atoms with Gasteiger partial charge in [0.25, 0.3) is 0 Å². The van der Waals surface area contributed by atoms with Crippen LogP contribution < -0.4 is 4.73 Å². The van der Waals surface area contributed by atoms with Gasteiger partial charge in [0.05, 0.1) is 0 Å². The van der Waals surface area contributed by atoms with E-state index in [0.717, 1.165) is 21.6 Å². The first-order valence-electron chi connectivity index (χ1n) is 4.53. The molecule has 2 rings (SSSR count). The van der Waals surface area contributed by atoms with Crippen molar-refractivity contribution in [2.45, 2.75) is 6.92 Å². The van der Waals surface area contributed by atoms with Gasteiger partial charge in [-0.15, -0.1) is 0 Å². The molecule has 0 unspecified atom stereocenters. The third-order valence-corrected chi connectivity index (χ3v) is 2.21. The van der Waals surface area contributed by atoms with Crippen molar-refractivity contribution >= 4 is 0 Å². The maximum atomic E-state index is 11.6. The van der Waals surface area contributed by atoms with Gasteiger partial charge in [0.15, 0.2) is 6.20 Å². The quantitative estimate of drug-likeness (QED) is 0.494. The van der Waals surface area contributed by atoms with E-state index in [2.05, 4.69) is 0 Å². The minimum Gasteiger partial charge on any atom is -0.618 e. The van der Waals surface area contributed by atoms with Gasteiger partial charge < -0.3 is 5.21 Å². The highest BCUT2D eigenvalue weighted by Crippen LogP contribution is 2.17. The monoisotopic (exact) mass is 185 g/mol. The normalized spacial score (nSPS) is 10.1. The molecule has 0 saturated heterocycles. The smallest absolute Gasteiger partial charge is 0.226 e. The molecule has 14 heavy (non-hydrogen) atoms. The third-order valence-electron chi connectivity index (χ3n) is 2.21. The van der Waals surface area contributed by atoms with Crippen molar-refractivity contribution in [3.63, 3.8) is 0 Å². The van der Waals surface area contributed by atoms with Crippen LogP contribution in [0.15, 0.2) is 48.7 Å². The number of pyridine rings is 1. The molecule has 0 aliphatic rings. The van der Waals surface area contributed by atoms with E-state index in [4.69, 9.17) is 0 Å². The molecule has 0 aliphatic heterocycles. The van der Waals surface area contributed by atoms with Gasteiger partial charge in [-0.1, -0.05) is 18.2 Å². The van der Waals surface area contributed by atoms with E-state index in [1.54, 1.807) is 6.07 Å². The Morgan fingerprint density at radius 1 is 1.00 bits per heavy atom. The molecule has 0 aliphatic carbocycles. The van der Waals surface area contributed by atoms with Crippen LogP contribution in [-0.2, 0) is 0 Å².